The summed E-state index contributed by atoms with van der Waals surface area (Å²) in [4.78, 5) is 11.3. The Morgan fingerprint density at radius 2 is 2.33 bits per heavy atom. The Morgan fingerprint density at radius 3 is 2.94 bits per heavy atom. The van der Waals surface area contributed by atoms with Gasteiger partial charge in [0.25, 0.3) is 0 Å². The summed E-state index contributed by atoms with van der Waals surface area (Å²) in [6.07, 6.45) is 6.65. The maximum atomic E-state index is 11.3. The van der Waals surface area contributed by atoms with Gasteiger partial charge in [-0.25, -0.2) is 4.79 Å². The topological polar surface area (TPSA) is 51.5 Å². The molecule has 18 heavy (non-hydrogen) atoms. The second-order valence-electron chi connectivity index (χ2n) is 5.15. The molecule has 1 N–H and O–H groups in total. The molecule has 0 spiro atoms. The zero-order chi connectivity index (χ0) is 13.0. The molecule has 1 heterocycles. The van der Waals surface area contributed by atoms with E-state index >= 15 is 0 Å². The summed E-state index contributed by atoms with van der Waals surface area (Å²) in [5.41, 5.74) is 1.01. The minimum Gasteiger partial charge on any atom is -0.467 e. The summed E-state index contributed by atoms with van der Waals surface area (Å²) in [6.45, 7) is 3.94. The summed E-state index contributed by atoms with van der Waals surface area (Å²) < 4.78 is 9.95. The van der Waals surface area contributed by atoms with Crippen molar-refractivity contribution >= 4 is 5.97 Å². The molecule has 4 nitrogen and oxygen atoms in total. The van der Waals surface area contributed by atoms with Crippen molar-refractivity contribution in [3.8, 4) is 0 Å². The molecule has 4 heteroatoms. The molecule has 0 bridgehead atoms. The Morgan fingerprint density at radius 1 is 1.56 bits per heavy atom. The SMILES string of the molecule is CCCC1(CNCc2cc(C(=O)OC)co2)CC1. The summed E-state index contributed by atoms with van der Waals surface area (Å²) in [6, 6.07) is 1.73. The molecule has 0 saturated heterocycles. The lowest BCUT2D eigenvalue weighted by Crippen LogP contribution is -2.23. The van der Waals surface area contributed by atoms with Crippen LogP contribution in [-0.4, -0.2) is 19.6 Å². The van der Waals surface area contributed by atoms with Gasteiger partial charge in [0.05, 0.1) is 19.2 Å². The van der Waals surface area contributed by atoms with Gasteiger partial charge in [-0.15, -0.1) is 0 Å². The first-order valence-electron chi connectivity index (χ1n) is 6.55. The van der Waals surface area contributed by atoms with E-state index in [0.29, 0.717) is 17.5 Å². The zero-order valence-corrected chi connectivity index (χ0v) is 11.1. The molecule has 1 aliphatic carbocycles. The molecule has 1 aliphatic rings. The fourth-order valence-corrected chi connectivity index (χ4v) is 2.37. The monoisotopic (exact) mass is 251 g/mol. The number of hydrogen-bond acceptors (Lipinski definition) is 4. The Hall–Kier alpha value is -1.29. The Bertz CT molecular complexity index is 407. The number of carbonyl (C=O) groups excluding carboxylic acids is 1. The van der Waals surface area contributed by atoms with Crippen LogP contribution in [0.25, 0.3) is 0 Å². The minimum atomic E-state index is -0.352. The quantitative estimate of drug-likeness (QED) is 0.757. The van der Waals surface area contributed by atoms with E-state index < -0.39 is 0 Å². The number of nitrogens with one attached hydrogen (secondary N) is 1. The van der Waals surface area contributed by atoms with Crippen molar-refractivity contribution in [1.82, 2.24) is 5.32 Å². The van der Waals surface area contributed by atoms with Gasteiger partial charge in [0.2, 0.25) is 0 Å². The highest BCUT2D eigenvalue weighted by atomic mass is 16.5. The predicted octanol–water partition coefficient (Wildman–Crippen LogP) is 2.74. The highest BCUT2D eigenvalue weighted by Crippen LogP contribution is 2.48. The number of furan rings is 1. The largest absolute Gasteiger partial charge is 0.467 e. The molecule has 0 atom stereocenters. The normalized spacial score (nSPS) is 16.6. The Kier molecular flexibility index (Phi) is 4.07. The highest BCUT2D eigenvalue weighted by Gasteiger charge is 2.40. The molecular weight excluding hydrogens is 230 g/mol. The van der Waals surface area contributed by atoms with Crippen LogP contribution in [0.3, 0.4) is 0 Å². The number of ether oxygens (including phenoxy) is 1. The molecule has 0 radical (unpaired) electrons. The molecule has 1 saturated carbocycles. The standard InChI is InChI=1S/C14H21NO3/c1-3-4-14(5-6-14)10-15-8-12-7-11(9-18-12)13(16)17-2/h7,9,15H,3-6,8,10H2,1-2H3. The third-order valence-electron chi connectivity index (χ3n) is 3.61. The van der Waals surface area contributed by atoms with Crippen LogP contribution in [-0.2, 0) is 11.3 Å². The first-order valence-corrected chi connectivity index (χ1v) is 6.55. The molecule has 0 aromatic carbocycles. The van der Waals surface area contributed by atoms with Crippen LogP contribution in [0.2, 0.25) is 0 Å². The fourth-order valence-electron chi connectivity index (χ4n) is 2.37. The summed E-state index contributed by atoms with van der Waals surface area (Å²) in [7, 11) is 1.37. The van der Waals surface area contributed by atoms with Gasteiger partial charge in [-0.1, -0.05) is 13.3 Å². The van der Waals surface area contributed by atoms with Crippen LogP contribution in [0.5, 0.6) is 0 Å². The average molecular weight is 251 g/mol. The van der Waals surface area contributed by atoms with E-state index in [1.807, 2.05) is 0 Å². The predicted molar refractivity (Wildman–Crippen MR) is 68.3 cm³/mol. The van der Waals surface area contributed by atoms with Crippen LogP contribution in [0, 0.1) is 5.41 Å². The van der Waals surface area contributed by atoms with E-state index in [4.69, 9.17) is 4.42 Å². The van der Waals surface area contributed by atoms with E-state index in [-0.39, 0.29) is 5.97 Å². The summed E-state index contributed by atoms with van der Waals surface area (Å²) in [5, 5.41) is 3.41. The number of methoxy groups -OCH3 is 1. The molecule has 1 aromatic rings. The molecule has 0 amide bonds. The molecule has 2 rings (SSSR count). The smallest absolute Gasteiger partial charge is 0.341 e. The molecule has 100 valence electrons. The van der Waals surface area contributed by atoms with Crippen molar-refractivity contribution in [1.29, 1.82) is 0 Å². The lowest BCUT2D eigenvalue weighted by molar-refractivity contribution is 0.0600. The Balaban J connectivity index is 1.77. The number of rotatable bonds is 7. The molecule has 1 fully saturated rings. The average Bonchev–Trinajstić information content (AvgIpc) is 2.96. The number of esters is 1. The van der Waals surface area contributed by atoms with Gasteiger partial charge < -0.3 is 14.5 Å². The summed E-state index contributed by atoms with van der Waals surface area (Å²) in [5.74, 6) is 0.428. The molecular formula is C14H21NO3. The van der Waals surface area contributed by atoms with E-state index in [9.17, 15) is 4.79 Å². The van der Waals surface area contributed by atoms with E-state index in [1.165, 1.54) is 39.1 Å². The van der Waals surface area contributed by atoms with Crippen molar-refractivity contribution in [2.75, 3.05) is 13.7 Å². The van der Waals surface area contributed by atoms with E-state index in [0.717, 1.165) is 12.3 Å². The second kappa shape index (κ2) is 5.57. The van der Waals surface area contributed by atoms with Gasteiger partial charge in [-0.2, -0.15) is 0 Å². The maximum absolute atomic E-state index is 11.3. The van der Waals surface area contributed by atoms with Crippen LogP contribution in [0.15, 0.2) is 16.7 Å². The van der Waals surface area contributed by atoms with Crippen molar-refractivity contribution in [2.45, 2.75) is 39.2 Å². The first kappa shape index (κ1) is 13.1. The summed E-state index contributed by atoms with van der Waals surface area (Å²) >= 11 is 0. The zero-order valence-electron chi connectivity index (χ0n) is 11.1. The van der Waals surface area contributed by atoms with Crippen LogP contribution in [0.4, 0.5) is 0 Å². The lowest BCUT2D eigenvalue weighted by Gasteiger charge is -2.13. The third-order valence-corrected chi connectivity index (χ3v) is 3.61. The van der Waals surface area contributed by atoms with Crippen LogP contribution >= 0.6 is 0 Å². The lowest BCUT2D eigenvalue weighted by atomic mass is 10.0. The van der Waals surface area contributed by atoms with Gasteiger partial charge >= 0.3 is 5.97 Å². The van der Waals surface area contributed by atoms with Crippen LogP contribution < -0.4 is 5.32 Å². The maximum Gasteiger partial charge on any atom is 0.341 e. The highest BCUT2D eigenvalue weighted by molar-refractivity contribution is 5.88. The Labute approximate surface area is 108 Å². The van der Waals surface area contributed by atoms with Gasteiger partial charge in [0.1, 0.15) is 12.0 Å². The van der Waals surface area contributed by atoms with Crippen molar-refractivity contribution < 1.29 is 13.9 Å². The van der Waals surface area contributed by atoms with Gasteiger partial charge in [-0.05, 0) is 30.7 Å². The van der Waals surface area contributed by atoms with E-state index in [1.54, 1.807) is 6.07 Å². The fraction of sp³-hybridized carbons (Fsp3) is 0.643. The van der Waals surface area contributed by atoms with Gasteiger partial charge in [-0.3, -0.25) is 0 Å². The second-order valence-corrected chi connectivity index (χ2v) is 5.15. The molecule has 0 aliphatic heterocycles. The van der Waals surface area contributed by atoms with Crippen molar-refractivity contribution in [3.05, 3.63) is 23.7 Å². The number of carbonyl (C=O) groups is 1. The third kappa shape index (κ3) is 3.13. The van der Waals surface area contributed by atoms with Crippen molar-refractivity contribution in [2.24, 2.45) is 5.41 Å². The first-order chi connectivity index (χ1) is 8.69. The van der Waals surface area contributed by atoms with Crippen LogP contribution in [0.1, 0.15) is 48.7 Å². The van der Waals surface area contributed by atoms with Gasteiger partial charge in [0.15, 0.2) is 0 Å². The van der Waals surface area contributed by atoms with Gasteiger partial charge in [0, 0.05) is 6.54 Å². The minimum absolute atomic E-state index is 0.352. The molecule has 1 aromatic heterocycles. The van der Waals surface area contributed by atoms with E-state index in [2.05, 4.69) is 17.0 Å². The number of hydrogen-bond donors (Lipinski definition) is 1. The van der Waals surface area contributed by atoms with Crippen molar-refractivity contribution in [3.63, 3.8) is 0 Å². The molecule has 0 unspecified atom stereocenters.